The van der Waals surface area contributed by atoms with Gasteiger partial charge in [0, 0.05) is 12.1 Å². The fourth-order valence-electron chi connectivity index (χ4n) is 2.23. The summed E-state index contributed by atoms with van der Waals surface area (Å²) in [5, 5.41) is 20.5. The van der Waals surface area contributed by atoms with Crippen LogP contribution in [0.15, 0.2) is 53.3 Å². The fraction of sp³-hybridized carbons (Fsp3) is 0. The maximum atomic E-state index is 12.1. The molecule has 24 heavy (non-hydrogen) atoms. The van der Waals surface area contributed by atoms with Crippen LogP contribution in [0.3, 0.4) is 0 Å². The van der Waals surface area contributed by atoms with Gasteiger partial charge in [0.1, 0.15) is 6.07 Å². The minimum absolute atomic E-state index is 0.0390. The van der Waals surface area contributed by atoms with Gasteiger partial charge < -0.3 is 4.98 Å². The molecule has 0 amide bonds. The molecule has 0 aliphatic carbocycles. The molecule has 1 aromatic heterocycles. The number of benzene rings is 2. The number of hydrogen-bond acceptors (Lipinski definition) is 5. The Morgan fingerprint density at radius 1 is 1.21 bits per heavy atom. The molecule has 2 aromatic carbocycles. The molecule has 0 aliphatic heterocycles. The Morgan fingerprint density at radius 3 is 2.58 bits per heavy atom. The van der Waals surface area contributed by atoms with Crippen molar-refractivity contribution in [3.05, 3.63) is 80.4 Å². The second kappa shape index (κ2) is 6.14. The number of nitrogens with one attached hydrogen (secondary N) is 1. The first-order chi connectivity index (χ1) is 11.6. The lowest BCUT2D eigenvalue weighted by Crippen LogP contribution is -2.11. The molecule has 1 heterocycles. The average molecular weight is 318 g/mol. The van der Waals surface area contributed by atoms with E-state index in [0.717, 1.165) is 0 Å². The Bertz CT molecular complexity index is 1060. The van der Waals surface area contributed by atoms with E-state index >= 15 is 0 Å². The van der Waals surface area contributed by atoms with E-state index in [0.29, 0.717) is 16.5 Å². The van der Waals surface area contributed by atoms with Crippen LogP contribution in [0.2, 0.25) is 0 Å². The normalized spacial score (nSPS) is 11.2. The summed E-state index contributed by atoms with van der Waals surface area (Å²) < 4.78 is 0. The van der Waals surface area contributed by atoms with Crippen molar-refractivity contribution >= 4 is 28.2 Å². The fourth-order valence-corrected chi connectivity index (χ4v) is 2.23. The third kappa shape index (κ3) is 2.89. The lowest BCUT2D eigenvalue weighted by atomic mass is 10.1. The van der Waals surface area contributed by atoms with E-state index in [1.165, 1.54) is 30.3 Å². The second-order valence-corrected chi connectivity index (χ2v) is 4.95. The van der Waals surface area contributed by atoms with E-state index in [-0.39, 0.29) is 22.6 Å². The molecule has 0 saturated carbocycles. The standard InChI is InChI=1S/C17H10N4O3/c18-10-12(9-11-5-7-13(8-6-11)21(23)24)16-19-15-4-2-1-3-14(15)17(22)20-16/h1-9H,(H,19,20,22). The van der Waals surface area contributed by atoms with E-state index < -0.39 is 4.92 Å². The first kappa shape index (κ1) is 15.1. The molecule has 3 aromatic rings. The molecule has 7 nitrogen and oxygen atoms in total. The highest BCUT2D eigenvalue weighted by molar-refractivity contribution is 5.89. The molecular weight excluding hydrogens is 308 g/mol. The number of nitro groups is 1. The van der Waals surface area contributed by atoms with Gasteiger partial charge in [0.05, 0.1) is 21.4 Å². The minimum atomic E-state index is -0.499. The summed E-state index contributed by atoms with van der Waals surface area (Å²) >= 11 is 0. The Hall–Kier alpha value is -3.79. The van der Waals surface area contributed by atoms with Gasteiger partial charge in [-0.15, -0.1) is 0 Å². The number of nitrogens with zero attached hydrogens (tertiary/aromatic N) is 3. The van der Waals surface area contributed by atoms with Gasteiger partial charge in [0.25, 0.3) is 11.2 Å². The molecule has 7 heteroatoms. The molecule has 3 rings (SSSR count). The number of nitro benzene ring substituents is 1. The summed E-state index contributed by atoms with van der Waals surface area (Å²) in [6, 6.07) is 14.6. The predicted octanol–water partition coefficient (Wildman–Crippen LogP) is 2.90. The van der Waals surface area contributed by atoms with Crippen molar-refractivity contribution in [1.82, 2.24) is 9.97 Å². The van der Waals surface area contributed by atoms with Gasteiger partial charge in [-0.3, -0.25) is 14.9 Å². The van der Waals surface area contributed by atoms with Crippen molar-refractivity contribution in [3.63, 3.8) is 0 Å². The predicted molar refractivity (Wildman–Crippen MR) is 88.9 cm³/mol. The van der Waals surface area contributed by atoms with Crippen molar-refractivity contribution in [2.24, 2.45) is 0 Å². The molecule has 0 unspecified atom stereocenters. The highest BCUT2D eigenvalue weighted by Crippen LogP contribution is 2.18. The highest BCUT2D eigenvalue weighted by Gasteiger charge is 2.09. The molecule has 1 N–H and O–H groups in total. The number of fused-ring (bicyclic) bond motifs is 1. The summed E-state index contributed by atoms with van der Waals surface area (Å²) in [6.45, 7) is 0. The third-order valence-corrected chi connectivity index (χ3v) is 3.40. The summed E-state index contributed by atoms with van der Waals surface area (Å²) in [4.78, 5) is 29.1. The Kier molecular flexibility index (Phi) is 3.87. The number of nitriles is 1. The van der Waals surface area contributed by atoms with Crippen LogP contribution < -0.4 is 5.56 Å². The molecule has 0 atom stereocenters. The summed E-state index contributed by atoms with van der Waals surface area (Å²) in [7, 11) is 0. The largest absolute Gasteiger partial charge is 0.305 e. The number of para-hydroxylation sites is 1. The molecule has 0 saturated heterocycles. The monoisotopic (exact) mass is 318 g/mol. The smallest absolute Gasteiger partial charge is 0.269 e. The number of rotatable bonds is 3. The van der Waals surface area contributed by atoms with Crippen molar-refractivity contribution in [1.29, 1.82) is 5.26 Å². The van der Waals surface area contributed by atoms with Crippen molar-refractivity contribution in [2.75, 3.05) is 0 Å². The zero-order valence-electron chi connectivity index (χ0n) is 12.3. The van der Waals surface area contributed by atoms with Crippen molar-refractivity contribution in [2.45, 2.75) is 0 Å². The van der Waals surface area contributed by atoms with E-state index in [1.807, 2.05) is 6.07 Å². The van der Waals surface area contributed by atoms with Crippen LogP contribution in [0.25, 0.3) is 22.6 Å². The number of allylic oxidation sites excluding steroid dienone is 1. The number of aromatic amines is 1. The van der Waals surface area contributed by atoms with Crippen LogP contribution in [0.1, 0.15) is 11.4 Å². The van der Waals surface area contributed by atoms with Crippen molar-refractivity contribution in [3.8, 4) is 6.07 Å². The first-order valence-corrected chi connectivity index (χ1v) is 6.94. The van der Waals surface area contributed by atoms with E-state index in [2.05, 4.69) is 9.97 Å². The van der Waals surface area contributed by atoms with Gasteiger partial charge in [-0.2, -0.15) is 5.26 Å². The number of aromatic nitrogens is 2. The first-order valence-electron chi connectivity index (χ1n) is 6.94. The lowest BCUT2D eigenvalue weighted by molar-refractivity contribution is -0.384. The van der Waals surface area contributed by atoms with Gasteiger partial charge in [0.15, 0.2) is 5.82 Å². The minimum Gasteiger partial charge on any atom is -0.305 e. The summed E-state index contributed by atoms with van der Waals surface area (Å²) in [6.07, 6.45) is 1.51. The van der Waals surface area contributed by atoms with Crippen LogP contribution in [0.5, 0.6) is 0 Å². The molecule has 116 valence electrons. The van der Waals surface area contributed by atoms with Gasteiger partial charge in [-0.1, -0.05) is 12.1 Å². The maximum absolute atomic E-state index is 12.1. The van der Waals surface area contributed by atoms with Gasteiger partial charge in [-0.25, -0.2) is 4.98 Å². The quantitative estimate of drug-likeness (QED) is 0.453. The second-order valence-electron chi connectivity index (χ2n) is 4.95. The Morgan fingerprint density at radius 2 is 1.92 bits per heavy atom. The topological polar surface area (TPSA) is 113 Å². The molecule has 0 aliphatic rings. The van der Waals surface area contributed by atoms with Gasteiger partial charge in [0.2, 0.25) is 0 Å². The average Bonchev–Trinajstić information content (AvgIpc) is 2.60. The number of hydrogen-bond donors (Lipinski definition) is 1. The molecular formula is C17H10N4O3. The van der Waals surface area contributed by atoms with Crippen LogP contribution in [-0.4, -0.2) is 14.9 Å². The van der Waals surface area contributed by atoms with Crippen molar-refractivity contribution < 1.29 is 4.92 Å². The number of H-pyrrole nitrogens is 1. The molecule has 0 spiro atoms. The van der Waals surface area contributed by atoms with Gasteiger partial charge in [-0.05, 0) is 35.9 Å². The van der Waals surface area contributed by atoms with E-state index in [4.69, 9.17) is 0 Å². The SMILES string of the molecule is N#CC(=Cc1ccc([N+](=O)[O-])cc1)c1nc2ccccc2c(=O)[nH]1. The zero-order chi connectivity index (χ0) is 17.1. The Labute approximate surface area is 135 Å². The molecule has 0 fully saturated rings. The van der Waals surface area contributed by atoms with Crippen LogP contribution >= 0.6 is 0 Å². The maximum Gasteiger partial charge on any atom is 0.269 e. The molecule has 0 bridgehead atoms. The van der Waals surface area contributed by atoms with E-state index in [1.54, 1.807) is 24.3 Å². The van der Waals surface area contributed by atoms with Crippen LogP contribution in [-0.2, 0) is 0 Å². The van der Waals surface area contributed by atoms with E-state index in [9.17, 15) is 20.2 Å². The number of non-ortho nitro benzene ring substituents is 1. The lowest BCUT2D eigenvalue weighted by Gasteiger charge is -2.02. The van der Waals surface area contributed by atoms with Crippen LogP contribution in [0, 0.1) is 21.4 Å². The summed E-state index contributed by atoms with van der Waals surface area (Å²) in [5.41, 5.74) is 0.865. The summed E-state index contributed by atoms with van der Waals surface area (Å²) in [5.74, 6) is 0.152. The third-order valence-electron chi connectivity index (χ3n) is 3.40. The van der Waals surface area contributed by atoms with Crippen LogP contribution in [0.4, 0.5) is 5.69 Å². The van der Waals surface area contributed by atoms with Gasteiger partial charge >= 0.3 is 0 Å². The molecule has 0 radical (unpaired) electrons. The highest BCUT2D eigenvalue weighted by atomic mass is 16.6. The zero-order valence-corrected chi connectivity index (χ0v) is 12.3. The Balaban J connectivity index is 2.07.